The molecule has 0 spiro atoms. The van der Waals surface area contributed by atoms with Crippen LogP contribution in [0.5, 0.6) is 0 Å². The van der Waals surface area contributed by atoms with E-state index in [4.69, 9.17) is 0 Å². The molecular weight excluding hydrogens is 629 g/mol. The van der Waals surface area contributed by atoms with Gasteiger partial charge in [0.15, 0.2) is 0 Å². The number of rotatable bonds is 3. The minimum absolute atomic E-state index is 0.0294. The first-order chi connectivity index (χ1) is 25.8. The molecule has 240 valence electrons. The minimum atomic E-state index is 0.0294. The molecule has 12 rings (SSSR count). The van der Waals surface area contributed by atoms with Crippen molar-refractivity contribution in [1.82, 2.24) is 4.57 Å². The molecule has 52 heavy (non-hydrogen) atoms. The van der Waals surface area contributed by atoms with Crippen molar-refractivity contribution in [2.24, 2.45) is 0 Å². The van der Waals surface area contributed by atoms with Gasteiger partial charge in [-0.25, -0.2) is 0 Å². The molecule has 0 bridgehead atoms. The molecule has 0 fully saturated rings. The standard InChI is InChI=1S/C48H30BN3/c1-2-14-31(15-3-1)32-16-12-17-33(28-32)50-45-27-13-22-39-37-20-6-10-25-43(37)52-44-26-11-7-21-38(44)40-29-34(30-46(50)48(40)49(52)47(39)45)51-41-23-8-4-18-35(41)36-19-5-9-24-42(36)51/h1-30H. The SMILES string of the molecule is c1ccc(-c2cccc(N3c4cccc5c4B4c6c(cc(-n7c8ccccc8c8ccccc87)cc63)-c3ccccc3N4c3ccccc3-5)c2)cc1. The Labute approximate surface area is 302 Å². The highest BCUT2D eigenvalue weighted by Gasteiger charge is 2.49. The van der Waals surface area contributed by atoms with Gasteiger partial charge in [0.05, 0.1) is 11.0 Å². The third-order valence-corrected chi connectivity index (χ3v) is 11.5. The third kappa shape index (κ3) is 3.65. The highest BCUT2D eigenvalue weighted by atomic mass is 15.2. The second-order valence-electron chi connectivity index (χ2n) is 14.1. The Hall–Kier alpha value is -6.78. The molecule has 8 aromatic carbocycles. The molecule has 0 atom stereocenters. The molecule has 3 nitrogen and oxygen atoms in total. The van der Waals surface area contributed by atoms with E-state index in [9.17, 15) is 0 Å². The van der Waals surface area contributed by atoms with Crippen LogP contribution in [0.1, 0.15) is 0 Å². The molecule has 3 aliphatic heterocycles. The lowest BCUT2D eigenvalue weighted by Crippen LogP contribution is -2.63. The van der Waals surface area contributed by atoms with Crippen molar-refractivity contribution in [3.05, 3.63) is 182 Å². The van der Waals surface area contributed by atoms with E-state index in [2.05, 4.69) is 196 Å². The van der Waals surface area contributed by atoms with E-state index in [0.717, 1.165) is 11.4 Å². The molecule has 4 heterocycles. The minimum Gasteiger partial charge on any atom is -0.376 e. The molecule has 0 unspecified atom stereocenters. The highest BCUT2D eigenvalue weighted by Crippen LogP contribution is 2.52. The van der Waals surface area contributed by atoms with Crippen molar-refractivity contribution >= 4 is 68.0 Å². The van der Waals surface area contributed by atoms with Crippen molar-refractivity contribution in [3.8, 4) is 39.1 Å². The van der Waals surface area contributed by atoms with Gasteiger partial charge >= 0.3 is 6.85 Å². The lowest BCUT2D eigenvalue weighted by molar-refractivity contribution is 1.17. The predicted molar refractivity (Wildman–Crippen MR) is 219 cm³/mol. The molecule has 0 aliphatic carbocycles. The van der Waals surface area contributed by atoms with E-state index in [1.165, 1.54) is 88.9 Å². The molecule has 3 aliphatic rings. The van der Waals surface area contributed by atoms with Crippen LogP contribution in [0.15, 0.2) is 182 Å². The van der Waals surface area contributed by atoms with Gasteiger partial charge < -0.3 is 14.3 Å². The van der Waals surface area contributed by atoms with Crippen molar-refractivity contribution in [2.75, 3.05) is 9.71 Å². The van der Waals surface area contributed by atoms with Crippen LogP contribution in [0.25, 0.3) is 60.9 Å². The second kappa shape index (κ2) is 10.4. The van der Waals surface area contributed by atoms with Gasteiger partial charge in [-0.2, -0.15) is 0 Å². The molecule has 0 saturated carbocycles. The fourth-order valence-electron chi connectivity index (χ4n) is 9.41. The largest absolute Gasteiger partial charge is 0.376 e. The molecule has 0 radical (unpaired) electrons. The van der Waals surface area contributed by atoms with E-state index in [-0.39, 0.29) is 6.85 Å². The van der Waals surface area contributed by atoms with E-state index in [1.807, 2.05) is 0 Å². The number of hydrogen-bond donors (Lipinski definition) is 0. The second-order valence-corrected chi connectivity index (χ2v) is 14.1. The lowest BCUT2D eigenvalue weighted by atomic mass is 9.41. The summed E-state index contributed by atoms with van der Waals surface area (Å²) in [5, 5.41) is 2.53. The van der Waals surface area contributed by atoms with E-state index < -0.39 is 0 Å². The summed E-state index contributed by atoms with van der Waals surface area (Å²) in [5.41, 5.74) is 19.9. The fraction of sp³-hybridized carbons (Fsp3) is 0. The number of benzene rings is 8. The summed E-state index contributed by atoms with van der Waals surface area (Å²) < 4.78 is 2.47. The van der Waals surface area contributed by atoms with Crippen LogP contribution in [-0.2, 0) is 0 Å². The zero-order chi connectivity index (χ0) is 33.9. The number of fused-ring (bicyclic) bond motifs is 9. The zero-order valence-electron chi connectivity index (χ0n) is 28.2. The molecule has 0 amide bonds. The van der Waals surface area contributed by atoms with Gasteiger partial charge in [0, 0.05) is 56.0 Å². The van der Waals surface area contributed by atoms with E-state index in [0.29, 0.717) is 0 Å². The van der Waals surface area contributed by atoms with E-state index >= 15 is 0 Å². The highest BCUT2D eigenvalue weighted by molar-refractivity contribution is 6.95. The van der Waals surface area contributed by atoms with Gasteiger partial charge in [-0.3, -0.25) is 0 Å². The van der Waals surface area contributed by atoms with Gasteiger partial charge in [0.25, 0.3) is 0 Å². The van der Waals surface area contributed by atoms with Gasteiger partial charge in [-0.1, -0.05) is 127 Å². The lowest BCUT2D eigenvalue weighted by Gasteiger charge is -2.49. The summed E-state index contributed by atoms with van der Waals surface area (Å²) in [4.78, 5) is 5.15. The first-order valence-electron chi connectivity index (χ1n) is 18.1. The molecule has 0 saturated heterocycles. The summed E-state index contributed by atoms with van der Waals surface area (Å²) >= 11 is 0. The van der Waals surface area contributed by atoms with Crippen LogP contribution in [0.3, 0.4) is 0 Å². The topological polar surface area (TPSA) is 11.4 Å². The van der Waals surface area contributed by atoms with Crippen LogP contribution in [0.4, 0.5) is 28.4 Å². The number of anilines is 5. The van der Waals surface area contributed by atoms with Gasteiger partial charge in [0.2, 0.25) is 0 Å². The van der Waals surface area contributed by atoms with Crippen molar-refractivity contribution in [3.63, 3.8) is 0 Å². The number of hydrogen-bond acceptors (Lipinski definition) is 2. The molecule has 0 N–H and O–H groups in total. The Morgan fingerprint density at radius 2 is 0.904 bits per heavy atom. The normalized spacial score (nSPS) is 13.3. The summed E-state index contributed by atoms with van der Waals surface area (Å²) in [6.45, 7) is 0.0294. The first kappa shape index (κ1) is 28.0. The van der Waals surface area contributed by atoms with Crippen molar-refractivity contribution in [2.45, 2.75) is 0 Å². The summed E-state index contributed by atoms with van der Waals surface area (Å²) in [6.07, 6.45) is 0. The van der Waals surface area contributed by atoms with E-state index in [1.54, 1.807) is 0 Å². The average Bonchev–Trinajstić information content (AvgIpc) is 3.55. The predicted octanol–water partition coefficient (Wildman–Crippen LogP) is 11.1. The van der Waals surface area contributed by atoms with Crippen molar-refractivity contribution in [1.29, 1.82) is 0 Å². The first-order valence-corrected chi connectivity index (χ1v) is 18.1. The number of nitrogens with zero attached hydrogens (tertiary/aromatic N) is 3. The Kier molecular flexibility index (Phi) is 5.58. The number of para-hydroxylation sites is 4. The number of aromatic nitrogens is 1. The maximum Gasteiger partial charge on any atom is 0.333 e. The van der Waals surface area contributed by atoms with Gasteiger partial charge in [-0.05, 0) is 87.8 Å². The van der Waals surface area contributed by atoms with Gasteiger partial charge in [0.1, 0.15) is 0 Å². The Morgan fingerprint density at radius 3 is 1.65 bits per heavy atom. The maximum atomic E-state index is 2.61. The summed E-state index contributed by atoms with van der Waals surface area (Å²) in [5.74, 6) is 0. The molecule has 9 aromatic rings. The van der Waals surface area contributed by atoms with Crippen LogP contribution in [-0.4, -0.2) is 11.4 Å². The van der Waals surface area contributed by atoms with Crippen LogP contribution < -0.4 is 20.6 Å². The fourth-order valence-corrected chi connectivity index (χ4v) is 9.41. The quantitative estimate of drug-likeness (QED) is 0.175. The average molecular weight is 660 g/mol. The molecule has 1 aromatic heterocycles. The van der Waals surface area contributed by atoms with Crippen LogP contribution in [0, 0.1) is 0 Å². The summed E-state index contributed by atoms with van der Waals surface area (Å²) in [6, 6.07) is 67.2. The Morgan fingerprint density at radius 1 is 0.346 bits per heavy atom. The van der Waals surface area contributed by atoms with Crippen LogP contribution >= 0.6 is 0 Å². The van der Waals surface area contributed by atoms with Crippen LogP contribution in [0.2, 0.25) is 0 Å². The molecule has 4 heteroatoms. The Balaban J connectivity index is 1.23. The maximum absolute atomic E-state index is 2.61. The Bertz CT molecular complexity index is 2890. The third-order valence-electron chi connectivity index (χ3n) is 11.5. The van der Waals surface area contributed by atoms with Crippen molar-refractivity contribution < 1.29 is 0 Å². The molecular formula is C48H30BN3. The van der Waals surface area contributed by atoms with Gasteiger partial charge in [-0.15, -0.1) is 0 Å². The summed E-state index contributed by atoms with van der Waals surface area (Å²) in [7, 11) is 0. The monoisotopic (exact) mass is 659 g/mol. The smallest absolute Gasteiger partial charge is 0.333 e. The zero-order valence-corrected chi connectivity index (χ0v) is 28.2.